The molecule has 3 fully saturated rings. The van der Waals surface area contributed by atoms with Gasteiger partial charge in [-0.3, -0.25) is 14.3 Å². The molecule has 10 nitrogen and oxygen atoms in total. The Labute approximate surface area is 222 Å². The van der Waals surface area contributed by atoms with Crippen LogP contribution in [-0.4, -0.2) is 76.3 Å². The summed E-state index contributed by atoms with van der Waals surface area (Å²) in [5.74, 6) is 1.25. The van der Waals surface area contributed by atoms with Gasteiger partial charge in [0.15, 0.2) is 0 Å². The van der Waals surface area contributed by atoms with Crippen LogP contribution < -0.4 is 16.6 Å². The molecule has 0 radical (unpaired) electrons. The molecule has 202 valence electrons. The number of piperazine rings is 1. The highest BCUT2D eigenvalue weighted by atomic mass is 16.6. The third-order valence-corrected chi connectivity index (χ3v) is 8.36. The van der Waals surface area contributed by atoms with E-state index in [4.69, 9.17) is 15.5 Å². The number of benzene rings is 1. The van der Waals surface area contributed by atoms with E-state index < -0.39 is 6.09 Å². The van der Waals surface area contributed by atoms with Crippen LogP contribution in [0.5, 0.6) is 0 Å². The maximum Gasteiger partial charge on any atom is 0.404 e. The number of rotatable bonds is 7. The molecule has 1 saturated heterocycles. The van der Waals surface area contributed by atoms with Crippen molar-refractivity contribution in [1.82, 2.24) is 24.3 Å². The lowest BCUT2D eigenvalue weighted by molar-refractivity contribution is 0.0724. The van der Waals surface area contributed by atoms with Crippen molar-refractivity contribution in [2.24, 2.45) is 11.7 Å². The fraction of sp³-hybridized carbons (Fsp3) is 0.571. The number of nitrogens with two attached hydrogens (primary N) is 1. The summed E-state index contributed by atoms with van der Waals surface area (Å²) >= 11 is 0. The molecule has 3 N–H and O–H groups in total. The first kappa shape index (κ1) is 25.1. The number of amides is 1. The van der Waals surface area contributed by atoms with Crippen LogP contribution in [0.4, 0.5) is 10.7 Å². The average Bonchev–Trinajstić information content (AvgIpc) is 3.74. The van der Waals surface area contributed by atoms with Gasteiger partial charge in [-0.05, 0) is 68.5 Å². The number of fused-ring (bicyclic) bond motifs is 3. The standard InChI is InChI=1S/C28H37N7O3/c1-33-10-12-34(13-11-33)17-19-4-9-22-23(14-19)26(36)35(20-5-7-21(8-6-20)38-27(29)37)25-24(22)16-31-28(32-25)30-15-18-2-3-18/h4,9,14,16,18,20-21H,2-3,5-8,10-13,15,17H2,1H3,(H2,29,37)(H,30,31,32). The van der Waals surface area contributed by atoms with Gasteiger partial charge in [0.2, 0.25) is 5.95 Å². The summed E-state index contributed by atoms with van der Waals surface area (Å²) in [7, 11) is 2.16. The molecule has 6 rings (SSSR count). The SMILES string of the molecule is CN1CCN(Cc2ccc3c(c2)c(=O)n(C2CCC(OC(N)=O)CC2)c2nc(NCC4CC4)ncc32)CC1. The number of likely N-dealkylation sites (N-methyl/N-ethyl adjacent to an activating group) is 1. The van der Waals surface area contributed by atoms with Crippen molar-refractivity contribution >= 4 is 33.8 Å². The predicted octanol–water partition coefficient (Wildman–Crippen LogP) is 3.09. The van der Waals surface area contributed by atoms with Crippen LogP contribution in [0.15, 0.2) is 29.2 Å². The number of ether oxygens (including phenoxy) is 1. The zero-order valence-corrected chi connectivity index (χ0v) is 22.1. The second-order valence-electron chi connectivity index (χ2n) is 11.3. The number of aromatic nitrogens is 3. The van der Waals surface area contributed by atoms with E-state index in [1.165, 1.54) is 12.8 Å². The first-order valence-electron chi connectivity index (χ1n) is 13.9. The summed E-state index contributed by atoms with van der Waals surface area (Å²) in [6, 6.07) is 6.23. The fourth-order valence-corrected chi connectivity index (χ4v) is 5.91. The van der Waals surface area contributed by atoms with E-state index >= 15 is 0 Å². The Kier molecular flexibility index (Phi) is 6.92. The molecule has 1 aliphatic heterocycles. The molecule has 2 saturated carbocycles. The van der Waals surface area contributed by atoms with Crippen LogP contribution in [0.3, 0.4) is 0 Å². The third kappa shape index (κ3) is 5.33. The quantitative estimate of drug-likeness (QED) is 0.457. The lowest BCUT2D eigenvalue weighted by Crippen LogP contribution is -2.43. The summed E-state index contributed by atoms with van der Waals surface area (Å²) in [6.07, 6.45) is 6.16. The molecule has 0 unspecified atom stereocenters. The van der Waals surface area contributed by atoms with E-state index in [0.29, 0.717) is 48.6 Å². The molecule has 1 amide bonds. The molecular weight excluding hydrogens is 482 g/mol. The van der Waals surface area contributed by atoms with Gasteiger partial charge in [-0.25, -0.2) is 9.78 Å². The molecule has 1 aromatic carbocycles. The second kappa shape index (κ2) is 10.5. The molecule has 0 spiro atoms. The van der Waals surface area contributed by atoms with Gasteiger partial charge in [0.05, 0.1) is 0 Å². The van der Waals surface area contributed by atoms with Crippen molar-refractivity contribution in [3.63, 3.8) is 0 Å². The first-order valence-corrected chi connectivity index (χ1v) is 13.9. The largest absolute Gasteiger partial charge is 0.446 e. The maximum atomic E-state index is 14.1. The van der Waals surface area contributed by atoms with Crippen LogP contribution in [-0.2, 0) is 11.3 Å². The minimum atomic E-state index is -0.742. The smallest absolute Gasteiger partial charge is 0.404 e. The third-order valence-electron chi connectivity index (χ3n) is 8.36. The number of hydrogen-bond acceptors (Lipinski definition) is 8. The summed E-state index contributed by atoms with van der Waals surface area (Å²) < 4.78 is 7.12. The van der Waals surface area contributed by atoms with Crippen LogP contribution in [0.2, 0.25) is 0 Å². The number of carbonyl (C=O) groups is 1. The minimum Gasteiger partial charge on any atom is -0.446 e. The highest BCUT2D eigenvalue weighted by Gasteiger charge is 2.28. The van der Waals surface area contributed by atoms with Crippen molar-refractivity contribution in [2.75, 3.05) is 45.1 Å². The van der Waals surface area contributed by atoms with Gasteiger partial charge in [-0.2, -0.15) is 4.98 Å². The average molecular weight is 520 g/mol. The van der Waals surface area contributed by atoms with Crippen LogP contribution in [0.25, 0.3) is 21.8 Å². The summed E-state index contributed by atoms with van der Waals surface area (Å²) in [5, 5.41) is 5.85. The summed E-state index contributed by atoms with van der Waals surface area (Å²) in [5.41, 5.74) is 7.04. The summed E-state index contributed by atoms with van der Waals surface area (Å²) in [6.45, 7) is 5.85. The number of pyridine rings is 1. The molecule has 38 heavy (non-hydrogen) atoms. The number of nitrogens with zero attached hydrogens (tertiary/aromatic N) is 5. The van der Waals surface area contributed by atoms with E-state index in [2.05, 4.69) is 45.3 Å². The van der Waals surface area contributed by atoms with Gasteiger partial charge < -0.3 is 20.7 Å². The molecule has 10 heteroatoms. The van der Waals surface area contributed by atoms with Crippen LogP contribution in [0.1, 0.15) is 50.1 Å². The zero-order chi connectivity index (χ0) is 26.2. The minimum absolute atomic E-state index is 0.0150. The van der Waals surface area contributed by atoms with Gasteiger partial charge in [0.1, 0.15) is 11.8 Å². The van der Waals surface area contributed by atoms with Crippen molar-refractivity contribution in [3.8, 4) is 0 Å². The Balaban J connectivity index is 1.38. The Morgan fingerprint density at radius 1 is 1.05 bits per heavy atom. The van der Waals surface area contributed by atoms with Crippen molar-refractivity contribution < 1.29 is 9.53 Å². The Morgan fingerprint density at radius 2 is 1.82 bits per heavy atom. The zero-order valence-electron chi connectivity index (χ0n) is 22.1. The van der Waals surface area contributed by atoms with Crippen LogP contribution >= 0.6 is 0 Å². The highest BCUT2D eigenvalue weighted by molar-refractivity contribution is 6.04. The molecule has 3 heterocycles. The first-order chi connectivity index (χ1) is 18.4. The Bertz CT molecular complexity index is 1390. The van der Waals surface area contributed by atoms with Gasteiger partial charge >= 0.3 is 6.09 Å². The summed E-state index contributed by atoms with van der Waals surface area (Å²) in [4.78, 5) is 39.7. The second-order valence-corrected chi connectivity index (χ2v) is 11.3. The molecule has 0 atom stereocenters. The Morgan fingerprint density at radius 3 is 2.53 bits per heavy atom. The van der Waals surface area contributed by atoms with Gasteiger partial charge in [-0.1, -0.05) is 12.1 Å². The molecule has 2 aliphatic carbocycles. The number of hydrogen-bond donors (Lipinski definition) is 2. The monoisotopic (exact) mass is 519 g/mol. The normalized spacial score (nSPS) is 23.1. The number of anilines is 1. The highest BCUT2D eigenvalue weighted by Crippen LogP contribution is 2.33. The van der Waals surface area contributed by atoms with Gasteiger partial charge in [-0.15, -0.1) is 0 Å². The topological polar surface area (TPSA) is 119 Å². The Hall–Kier alpha value is -3.24. The fourth-order valence-electron chi connectivity index (χ4n) is 5.91. The molecular formula is C28H37N7O3. The lowest BCUT2D eigenvalue weighted by atomic mass is 9.92. The predicted molar refractivity (Wildman–Crippen MR) is 147 cm³/mol. The van der Waals surface area contributed by atoms with E-state index in [0.717, 1.165) is 55.6 Å². The lowest BCUT2D eigenvalue weighted by Gasteiger charge is -2.32. The van der Waals surface area contributed by atoms with E-state index in [1.807, 2.05) is 10.8 Å². The molecule has 2 aromatic heterocycles. The van der Waals surface area contributed by atoms with E-state index in [9.17, 15) is 9.59 Å². The maximum absolute atomic E-state index is 14.1. The molecule has 0 bridgehead atoms. The van der Waals surface area contributed by atoms with E-state index in [1.54, 1.807) is 0 Å². The van der Waals surface area contributed by atoms with Gasteiger partial charge in [0, 0.05) is 62.3 Å². The van der Waals surface area contributed by atoms with Crippen molar-refractivity contribution in [3.05, 3.63) is 40.3 Å². The number of nitrogens with one attached hydrogen (secondary N) is 1. The number of carbonyl (C=O) groups excluding carboxylic acids is 1. The molecule has 3 aliphatic rings. The van der Waals surface area contributed by atoms with E-state index in [-0.39, 0.29) is 17.7 Å². The van der Waals surface area contributed by atoms with Crippen molar-refractivity contribution in [1.29, 1.82) is 0 Å². The molecule has 3 aromatic rings. The number of primary amides is 1. The van der Waals surface area contributed by atoms with Crippen LogP contribution in [0, 0.1) is 5.92 Å². The van der Waals surface area contributed by atoms with Gasteiger partial charge in [0.25, 0.3) is 5.56 Å². The van der Waals surface area contributed by atoms with Crippen molar-refractivity contribution in [2.45, 2.75) is 57.2 Å².